The summed E-state index contributed by atoms with van der Waals surface area (Å²) in [6.07, 6.45) is 4.12. The van der Waals surface area contributed by atoms with Gasteiger partial charge in [-0.2, -0.15) is 0 Å². The Hall–Kier alpha value is -3.25. The highest BCUT2D eigenvalue weighted by molar-refractivity contribution is 5.79. The number of carboxylic acid groups (broad SMARTS) is 1. The average molecular weight is 619 g/mol. The lowest BCUT2D eigenvalue weighted by atomic mass is 9.84. The number of benzene rings is 1. The molecule has 1 unspecified atom stereocenters. The van der Waals surface area contributed by atoms with E-state index in [4.69, 9.17) is 14.2 Å². The van der Waals surface area contributed by atoms with Crippen molar-refractivity contribution in [2.45, 2.75) is 51.0 Å². The van der Waals surface area contributed by atoms with Gasteiger partial charge in [0.25, 0.3) is 0 Å². The molecule has 1 aromatic rings. The van der Waals surface area contributed by atoms with Crippen LogP contribution in [0.4, 0.5) is 4.79 Å². The number of fused-ring (bicyclic) bond motifs is 1. The zero-order valence-electron chi connectivity index (χ0n) is 27.4. The number of ether oxygens (including phenoxy) is 3. The highest BCUT2D eigenvalue weighted by atomic mass is 16.7. The molecule has 1 N–H and O–H groups in total. The summed E-state index contributed by atoms with van der Waals surface area (Å²) in [5.74, 6) is -0.554. The summed E-state index contributed by atoms with van der Waals surface area (Å²) in [4.78, 5) is 47.2. The molecule has 1 aromatic carbocycles. The van der Waals surface area contributed by atoms with Gasteiger partial charge in [-0.1, -0.05) is 13.3 Å². The molecule has 0 bridgehead atoms. The number of aliphatic carboxylic acids is 1. The summed E-state index contributed by atoms with van der Waals surface area (Å²) < 4.78 is 17.6. The topological polar surface area (TPSA) is 112 Å². The van der Waals surface area contributed by atoms with Crippen molar-refractivity contribution in [1.82, 2.24) is 19.6 Å². The molecule has 2 saturated heterocycles. The second kappa shape index (κ2) is 14.7. The van der Waals surface area contributed by atoms with Gasteiger partial charge in [-0.25, -0.2) is 4.79 Å². The van der Waals surface area contributed by atoms with E-state index >= 15 is 0 Å². The normalized spacial score (nSPS) is 22.0. The number of methoxy groups -OCH3 is 1. The Morgan fingerprint density at radius 3 is 2.57 bits per heavy atom. The van der Waals surface area contributed by atoms with Gasteiger partial charge in [0.15, 0.2) is 11.5 Å². The number of amides is 3. The third-order valence-corrected chi connectivity index (χ3v) is 9.09. The molecule has 12 nitrogen and oxygen atoms in total. The molecule has 3 heterocycles. The molecule has 4 rings (SSSR count). The largest absolute Gasteiger partial charge is 0.493 e. The number of nitrogens with zero attached hydrogens (tertiary/aromatic N) is 5. The molecule has 3 aliphatic rings. The summed E-state index contributed by atoms with van der Waals surface area (Å²) in [5.41, 5.74) is 0.776. The van der Waals surface area contributed by atoms with Crippen LogP contribution in [0.25, 0.3) is 0 Å². The Morgan fingerprint density at radius 2 is 1.89 bits per heavy atom. The molecular weight excluding hydrogens is 566 g/mol. The molecule has 0 saturated carbocycles. The molecule has 0 spiro atoms. The fourth-order valence-corrected chi connectivity index (χ4v) is 6.70. The number of urea groups is 1. The van der Waals surface area contributed by atoms with Crippen molar-refractivity contribution in [1.29, 1.82) is 0 Å². The maximum absolute atomic E-state index is 13.9. The summed E-state index contributed by atoms with van der Waals surface area (Å²) in [6, 6.07) is 3.20. The van der Waals surface area contributed by atoms with E-state index < -0.39 is 23.8 Å². The number of carbonyl (C=O) groups excluding carboxylic acids is 2. The number of unbranched alkanes of at least 4 members (excludes halogenated alkanes) is 1. The third kappa shape index (κ3) is 8.06. The molecular formula is C32H52N5O7+. The van der Waals surface area contributed by atoms with E-state index in [2.05, 4.69) is 28.1 Å². The van der Waals surface area contributed by atoms with Crippen LogP contribution in [0.1, 0.15) is 50.5 Å². The molecule has 246 valence electrons. The van der Waals surface area contributed by atoms with Gasteiger partial charge in [-0.15, -0.1) is 0 Å². The fourth-order valence-electron chi connectivity index (χ4n) is 6.70. The first-order chi connectivity index (χ1) is 20.9. The van der Waals surface area contributed by atoms with Gasteiger partial charge in [-0.3, -0.25) is 14.5 Å². The van der Waals surface area contributed by atoms with Crippen LogP contribution in [0.3, 0.4) is 0 Å². The Kier molecular flexibility index (Phi) is 11.2. The smallest absolute Gasteiger partial charge is 0.319 e. The lowest BCUT2D eigenvalue weighted by molar-refractivity contribution is -0.870. The van der Waals surface area contributed by atoms with Gasteiger partial charge in [-0.05, 0) is 37.0 Å². The van der Waals surface area contributed by atoms with Crippen molar-refractivity contribution in [3.05, 3.63) is 17.7 Å². The number of quaternary nitrogens is 1. The number of carboxylic acids is 1. The molecule has 0 aromatic heterocycles. The first kappa shape index (κ1) is 33.6. The number of rotatable bonds is 15. The van der Waals surface area contributed by atoms with Crippen LogP contribution in [0, 0.1) is 5.92 Å². The second-order valence-corrected chi connectivity index (χ2v) is 13.4. The van der Waals surface area contributed by atoms with Gasteiger partial charge in [0.05, 0.1) is 47.3 Å². The van der Waals surface area contributed by atoms with Crippen molar-refractivity contribution in [2.24, 2.45) is 5.92 Å². The first-order valence-electron chi connectivity index (χ1n) is 16.0. The first-order valence-corrected chi connectivity index (χ1v) is 16.0. The van der Waals surface area contributed by atoms with Gasteiger partial charge in [0.1, 0.15) is 0 Å². The van der Waals surface area contributed by atoms with E-state index in [9.17, 15) is 19.5 Å². The van der Waals surface area contributed by atoms with E-state index in [-0.39, 0.29) is 25.3 Å². The van der Waals surface area contributed by atoms with Gasteiger partial charge in [0, 0.05) is 64.7 Å². The number of hydrogen-bond acceptors (Lipinski definition) is 7. The second-order valence-electron chi connectivity index (χ2n) is 13.4. The highest BCUT2D eigenvalue weighted by Gasteiger charge is 2.48. The zero-order chi connectivity index (χ0) is 32.0. The summed E-state index contributed by atoms with van der Waals surface area (Å²) >= 11 is 0. The molecule has 0 aliphatic carbocycles. The fraction of sp³-hybridized carbons (Fsp3) is 0.719. The van der Waals surface area contributed by atoms with Gasteiger partial charge < -0.3 is 38.5 Å². The summed E-state index contributed by atoms with van der Waals surface area (Å²) in [5, 5.41) is 10.6. The van der Waals surface area contributed by atoms with Crippen molar-refractivity contribution in [3.63, 3.8) is 0 Å². The molecule has 44 heavy (non-hydrogen) atoms. The van der Waals surface area contributed by atoms with E-state index in [1.54, 1.807) is 24.0 Å². The van der Waals surface area contributed by atoms with Crippen LogP contribution in [-0.2, 0) is 9.59 Å². The van der Waals surface area contributed by atoms with Gasteiger partial charge in [0.2, 0.25) is 18.4 Å². The lowest BCUT2D eigenvalue weighted by Gasteiger charge is -2.35. The Morgan fingerprint density at radius 1 is 1.14 bits per heavy atom. The number of likely N-dealkylation sites (tertiary alicyclic amines) is 1. The van der Waals surface area contributed by atoms with E-state index in [1.807, 2.05) is 21.9 Å². The van der Waals surface area contributed by atoms with E-state index in [1.165, 1.54) is 0 Å². The minimum Gasteiger partial charge on any atom is -0.493 e. The minimum atomic E-state index is -0.917. The minimum absolute atomic E-state index is 0.0201. The Labute approximate surface area is 262 Å². The Balaban J connectivity index is 1.61. The van der Waals surface area contributed by atoms with Crippen LogP contribution < -0.4 is 14.2 Å². The molecule has 12 heteroatoms. The SMILES string of the molecule is CCCCN(CCC[N+](C)(C)C)C(=O)CN1C[C@H](c2cc(OC)c3c(c2)OCO3)C(C(=O)O)[C@@H]1CCN1CCCN(C)C1=O. The lowest BCUT2D eigenvalue weighted by Crippen LogP contribution is -2.50. The van der Waals surface area contributed by atoms with E-state index in [0.717, 1.165) is 42.3 Å². The standard InChI is InChI=1S/C32H51N5O7/c1-7-8-13-34(15-10-17-37(3,4)5)28(38)21-36-20-24(23-18-26(42-6)30-27(19-23)43-22-44-30)29(31(39)40)25(36)11-16-35-14-9-12-33(2)32(35)41/h18-19,24-25,29H,7-17,20-22H2,1-6H3/p+1/t24-,25+,29?/m1/s1. The Bertz CT molecular complexity index is 1170. The summed E-state index contributed by atoms with van der Waals surface area (Å²) in [6.45, 7) is 6.82. The quantitative estimate of drug-likeness (QED) is 0.299. The van der Waals surface area contributed by atoms with Crippen LogP contribution in [0.15, 0.2) is 12.1 Å². The zero-order valence-corrected chi connectivity index (χ0v) is 27.4. The third-order valence-electron chi connectivity index (χ3n) is 9.09. The molecule has 3 atom stereocenters. The summed E-state index contributed by atoms with van der Waals surface area (Å²) in [7, 11) is 9.79. The van der Waals surface area contributed by atoms with Crippen molar-refractivity contribution in [2.75, 3.05) is 94.5 Å². The van der Waals surface area contributed by atoms with Crippen LogP contribution in [0.5, 0.6) is 17.2 Å². The molecule has 3 amide bonds. The molecule has 3 aliphatic heterocycles. The van der Waals surface area contributed by atoms with E-state index in [0.29, 0.717) is 62.9 Å². The monoisotopic (exact) mass is 618 g/mol. The molecule has 2 fully saturated rings. The average Bonchev–Trinajstić information content (AvgIpc) is 3.59. The maximum Gasteiger partial charge on any atom is 0.319 e. The predicted molar refractivity (Wildman–Crippen MR) is 166 cm³/mol. The number of hydrogen-bond donors (Lipinski definition) is 1. The predicted octanol–water partition coefficient (Wildman–Crippen LogP) is 2.77. The molecule has 0 radical (unpaired) electrons. The van der Waals surface area contributed by atoms with Crippen LogP contribution in [0.2, 0.25) is 0 Å². The number of carbonyl (C=O) groups is 3. The van der Waals surface area contributed by atoms with Crippen LogP contribution >= 0.6 is 0 Å². The maximum atomic E-state index is 13.9. The van der Waals surface area contributed by atoms with Crippen molar-refractivity contribution >= 4 is 17.9 Å². The van der Waals surface area contributed by atoms with Crippen LogP contribution in [-0.4, -0.2) is 148 Å². The van der Waals surface area contributed by atoms with Crippen molar-refractivity contribution < 1.29 is 38.2 Å². The highest BCUT2D eigenvalue weighted by Crippen LogP contribution is 2.47. The van der Waals surface area contributed by atoms with Gasteiger partial charge >= 0.3 is 12.0 Å². The van der Waals surface area contributed by atoms with Crippen molar-refractivity contribution in [3.8, 4) is 17.2 Å².